The van der Waals surface area contributed by atoms with E-state index in [0.29, 0.717) is 6.54 Å². The van der Waals surface area contributed by atoms with E-state index in [1.807, 2.05) is 6.20 Å². The molecule has 1 fully saturated rings. The summed E-state index contributed by atoms with van der Waals surface area (Å²) in [5.74, 6) is 0.777. The van der Waals surface area contributed by atoms with E-state index in [9.17, 15) is 4.79 Å². The van der Waals surface area contributed by atoms with Crippen molar-refractivity contribution in [1.82, 2.24) is 14.9 Å². The number of carbonyl (C=O) groups excluding carboxylic acids is 1. The quantitative estimate of drug-likeness (QED) is 0.821. The Kier molecular flexibility index (Phi) is 3.87. The Morgan fingerprint density at radius 2 is 2.41 bits per heavy atom. The van der Waals surface area contributed by atoms with Gasteiger partial charge in [-0.25, -0.2) is 9.78 Å². The predicted octanol–water partition coefficient (Wildman–Crippen LogP) is 1.54. The van der Waals surface area contributed by atoms with Crippen molar-refractivity contribution in [3.63, 3.8) is 0 Å². The molecule has 0 spiro atoms. The Labute approximate surface area is 113 Å². The van der Waals surface area contributed by atoms with Gasteiger partial charge in [0.1, 0.15) is 9.53 Å². The standard InChI is InChI=1S/C10H14IN3O3/c1-16-6-3-7(9-12-4-8(11)13-9)14(5-6)10(15)17-2/h4,6-7H,3,5H2,1-2H3,(H,12,13)/t6-,7-/m0/s1. The number of rotatable bonds is 2. The number of aromatic amines is 1. The van der Waals surface area contributed by atoms with Crippen LogP contribution in [0.5, 0.6) is 0 Å². The molecule has 0 radical (unpaired) electrons. The van der Waals surface area contributed by atoms with E-state index < -0.39 is 0 Å². The van der Waals surface area contributed by atoms with Gasteiger partial charge in [-0.3, -0.25) is 4.90 Å². The molecule has 2 heterocycles. The molecule has 1 aliphatic heterocycles. The first kappa shape index (κ1) is 12.6. The molecule has 1 saturated heterocycles. The van der Waals surface area contributed by atoms with Crippen molar-refractivity contribution in [3.05, 3.63) is 15.7 Å². The lowest BCUT2D eigenvalue weighted by molar-refractivity contribution is 0.0952. The van der Waals surface area contributed by atoms with Gasteiger partial charge in [0.2, 0.25) is 0 Å². The van der Waals surface area contributed by atoms with Crippen molar-refractivity contribution < 1.29 is 14.3 Å². The third-order valence-electron chi connectivity index (χ3n) is 2.89. The minimum Gasteiger partial charge on any atom is -0.453 e. The Bertz CT molecular complexity index is 409. The second-order valence-corrected chi connectivity index (χ2v) is 4.95. The molecule has 17 heavy (non-hydrogen) atoms. The van der Waals surface area contributed by atoms with Crippen molar-refractivity contribution in [2.24, 2.45) is 0 Å². The van der Waals surface area contributed by atoms with Gasteiger partial charge >= 0.3 is 6.09 Å². The van der Waals surface area contributed by atoms with E-state index in [4.69, 9.17) is 9.47 Å². The largest absolute Gasteiger partial charge is 0.453 e. The lowest BCUT2D eigenvalue weighted by Gasteiger charge is -2.20. The van der Waals surface area contributed by atoms with Crippen molar-refractivity contribution in [1.29, 1.82) is 0 Å². The summed E-state index contributed by atoms with van der Waals surface area (Å²) in [5, 5.41) is 0. The third-order valence-corrected chi connectivity index (χ3v) is 3.44. The summed E-state index contributed by atoms with van der Waals surface area (Å²) < 4.78 is 11.0. The number of aromatic nitrogens is 2. The number of nitrogens with zero attached hydrogens (tertiary/aromatic N) is 2. The number of amides is 1. The highest BCUT2D eigenvalue weighted by Gasteiger charge is 2.38. The summed E-state index contributed by atoms with van der Waals surface area (Å²) >= 11 is 2.13. The van der Waals surface area contributed by atoms with Crippen LogP contribution in [0.25, 0.3) is 0 Å². The van der Waals surface area contributed by atoms with Gasteiger partial charge in [0.25, 0.3) is 0 Å². The number of nitrogens with one attached hydrogen (secondary N) is 1. The lowest BCUT2D eigenvalue weighted by atomic mass is 10.2. The summed E-state index contributed by atoms with van der Waals surface area (Å²) in [6.45, 7) is 0.533. The highest BCUT2D eigenvalue weighted by Crippen LogP contribution is 2.32. The van der Waals surface area contributed by atoms with Gasteiger partial charge in [0, 0.05) is 19.7 Å². The van der Waals surface area contributed by atoms with Crippen LogP contribution in [0, 0.1) is 3.70 Å². The van der Waals surface area contributed by atoms with Crippen molar-refractivity contribution in [3.8, 4) is 0 Å². The second-order valence-electron chi connectivity index (χ2n) is 3.84. The van der Waals surface area contributed by atoms with Crippen LogP contribution >= 0.6 is 22.6 Å². The number of halogens is 1. The molecule has 1 amide bonds. The lowest BCUT2D eigenvalue weighted by Crippen LogP contribution is -2.32. The number of hydrogen-bond acceptors (Lipinski definition) is 4. The summed E-state index contributed by atoms with van der Waals surface area (Å²) in [6, 6.07) is -0.101. The van der Waals surface area contributed by atoms with E-state index in [1.54, 1.807) is 12.0 Å². The number of H-pyrrole nitrogens is 1. The maximum atomic E-state index is 11.7. The topological polar surface area (TPSA) is 67.4 Å². The summed E-state index contributed by atoms with van der Waals surface area (Å²) in [6.07, 6.45) is 2.23. The molecule has 1 aromatic heterocycles. The Morgan fingerprint density at radius 3 is 2.94 bits per heavy atom. The normalized spacial score (nSPS) is 24.1. The molecule has 0 saturated carbocycles. The first-order valence-electron chi connectivity index (χ1n) is 5.24. The van der Waals surface area contributed by atoms with Gasteiger partial charge < -0.3 is 14.5 Å². The second kappa shape index (κ2) is 5.21. The van der Waals surface area contributed by atoms with Gasteiger partial charge in [-0.2, -0.15) is 0 Å². The van der Waals surface area contributed by atoms with Gasteiger partial charge in [0.05, 0.1) is 25.8 Å². The SMILES string of the molecule is COC(=O)N1C[C@@H](OC)C[C@H]1c1nc(I)c[nH]1. The highest BCUT2D eigenvalue weighted by molar-refractivity contribution is 14.1. The molecule has 0 unspecified atom stereocenters. The molecule has 0 aromatic carbocycles. The predicted molar refractivity (Wildman–Crippen MR) is 68.6 cm³/mol. The maximum absolute atomic E-state index is 11.7. The monoisotopic (exact) mass is 351 g/mol. The Hall–Kier alpha value is -0.830. The number of carbonyl (C=O) groups is 1. The minimum absolute atomic E-state index is 0.0295. The zero-order chi connectivity index (χ0) is 12.4. The summed E-state index contributed by atoms with van der Waals surface area (Å²) in [7, 11) is 3.03. The van der Waals surface area contributed by atoms with Gasteiger partial charge in [-0.1, -0.05) is 0 Å². The molecule has 7 heteroatoms. The molecule has 1 aromatic rings. The van der Waals surface area contributed by atoms with Crippen molar-refractivity contribution >= 4 is 28.7 Å². The van der Waals surface area contributed by atoms with Crippen LogP contribution in [-0.4, -0.2) is 47.8 Å². The van der Waals surface area contributed by atoms with Crippen LogP contribution in [0.2, 0.25) is 0 Å². The van der Waals surface area contributed by atoms with Crippen LogP contribution in [0.3, 0.4) is 0 Å². The molecule has 2 rings (SSSR count). The van der Waals surface area contributed by atoms with Crippen LogP contribution in [0.15, 0.2) is 6.20 Å². The number of imidazole rings is 1. The first-order valence-corrected chi connectivity index (χ1v) is 6.31. The average molecular weight is 351 g/mol. The minimum atomic E-state index is -0.346. The fourth-order valence-corrected chi connectivity index (χ4v) is 2.45. The molecule has 6 nitrogen and oxygen atoms in total. The number of hydrogen-bond donors (Lipinski definition) is 1. The van der Waals surface area contributed by atoms with Gasteiger partial charge in [-0.15, -0.1) is 0 Å². The van der Waals surface area contributed by atoms with E-state index in [0.717, 1.165) is 15.9 Å². The van der Waals surface area contributed by atoms with Crippen LogP contribution in [0.1, 0.15) is 18.3 Å². The average Bonchev–Trinajstić information content (AvgIpc) is 2.93. The van der Waals surface area contributed by atoms with E-state index >= 15 is 0 Å². The maximum Gasteiger partial charge on any atom is 0.410 e. The van der Waals surface area contributed by atoms with Gasteiger partial charge in [-0.05, 0) is 22.6 Å². The number of likely N-dealkylation sites (tertiary alicyclic amines) is 1. The zero-order valence-electron chi connectivity index (χ0n) is 9.64. The summed E-state index contributed by atoms with van der Waals surface area (Å²) in [4.78, 5) is 20.7. The molecule has 2 atom stereocenters. The fraction of sp³-hybridized carbons (Fsp3) is 0.600. The molecule has 94 valence electrons. The molecular weight excluding hydrogens is 337 g/mol. The smallest absolute Gasteiger partial charge is 0.410 e. The van der Waals surface area contributed by atoms with Crippen molar-refractivity contribution in [2.75, 3.05) is 20.8 Å². The van der Waals surface area contributed by atoms with Crippen LogP contribution in [-0.2, 0) is 9.47 Å². The number of methoxy groups -OCH3 is 2. The zero-order valence-corrected chi connectivity index (χ0v) is 11.8. The van der Waals surface area contributed by atoms with Crippen LogP contribution in [0.4, 0.5) is 4.79 Å². The van der Waals surface area contributed by atoms with E-state index in [-0.39, 0.29) is 18.2 Å². The Morgan fingerprint density at radius 1 is 1.65 bits per heavy atom. The molecule has 0 bridgehead atoms. The molecule has 1 aliphatic rings. The third kappa shape index (κ3) is 2.54. The van der Waals surface area contributed by atoms with E-state index in [1.165, 1.54) is 7.11 Å². The van der Waals surface area contributed by atoms with Crippen LogP contribution < -0.4 is 0 Å². The molecular formula is C10H14IN3O3. The molecule has 1 N–H and O–H groups in total. The summed E-state index contributed by atoms with van der Waals surface area (Å²) in [5.41, 5.74) is 0. The Balaban J connectivity index is 2.21. The highest BCUT2D eigenvalue weighted by atomic mass is 127. The number of ether oxygens (including phenoxy) is 2. The van der Waals surface area contributed by atoms with Gasteiger partial charge in [0.15, 0.2) is 0 Å². The van der Waals surface area contributed by atoms with E-state index in [2.05, 4.69) is 32.6 Å². The molecule has 0 aliphatic carbocycles. The fourth-order valence-electron chi connectivity index (χ4n) is 2.03. The first-order chi connectivity index (χ1) is 8.15. The van der Waals surface area contributed by atoms with Crippen molar-refractivity contribution in [2.45, 2.75) is 18.6 Å².